The lowest BCUT2D eigenvalue weighted by atomic mass is 9.67. The first-order valence-electron chi connectivity index (χ1n) is 9.37. The van der Waals surface area contributed by atoms with Crippen molar-refractivity contribution in [1.29, 1.82) is 0 Å². The lowest BCUT2D eigenvalue weighted by Crippen LogP contribution is -2.48. The minimum absolute atomic E-state index is 0.532. The third kappa shape index (κ3) is 5.64. The van der Waals surface area contributed by atoms with Crippen molar-refractivity contribution in [3.63, 3.8) is 0 Å². The minimum atomic E-state index is 0.532. The van der Waals surface area contributed by atoms with Gasteiger partial charge < -0.3 is 20.3 Å². The van der Waals surface area contributed by atoms with Crippen molar-refractivity contribution in [2.45, 2.75) is 45.4 Å². The maximum atomic E-state index is 5.16. The number of hydrogen-bond donors (Lipinski definition) is 2. The predicted molar refractivity (Wildman–Crippen MR) is 97.0 cm³/mol. The Bertz CT molecular complexity index is 355. The Morgan fingerprint density at radius 1 is 1.26 bits per heavy atom. The highest BCUT2D eigenvalue weighted by atomic mass is 16.5. The van der Waals surface area contributed by atoms with Crippen LogP contribution in [0.2, 0.25) is 0 Å². The molecule has 5 heteroatoms. The number of ether oxygens (including phenoxy) is 1. The molecule has 1 aliphatic heterocycles. The molecule has 0 atom stereocenters. The molecule has 1 aliphatic carbocycles. The smallest absolute Gasteiger partial charge is 0.191 e. The van der Waals surface area contributed by atoms with Gasteiger partial charge >= 0.3 is 0 Å². The Balaban J connectivity index is 1.62. The fraction of sp³-hybridized carbons (Fsp3) is 0.944. The Labute approximate surface area is 142 Å². The average Bonchev–Trinajstić information content (AvgIpc) is 2.56. The van der Waals surface area contributed by atoms with Gasteiger partial charge in [0.2, 0.25) is 0 Å². The van der Waals surface area contributed by atoms with Crippen molar-refractivity contribution in [3.8, 4) is 0 Å². The van der Waals surface area contributed by atoms with Crippen molar-refractivity contribution in [2.75, 3.05) is 53.5 Å². The molecule has 0 radical (unpaired) electrons. The molecule has 2 N–H and O–H groups in total. The summed E-state index contributed by atoms with van der Waals surface area (Å²) in [4.78, 5) is 6.90. The maximum Gasteiger partial charge on any atom is 0.191 e. The molecule has 1 heterocycles. The third-order valence-corrected chi connectivity index (χ3v) is 5.90. The first kappa shape index (κ1) is 18.5. The summed E-state index contributed by atoms with van der Waals surface area (Å²) in [7, 11) is 3.66. The van der Waals surface area contributed by atoms with Crippen molar-refractivity contribution < 1.29 is 4.74 Å². The second kappa shape index (κ2) is 9.48. The standard InChI is InChI=1S/C18H36N4O/c1-4-18(8-5-9-18)15-21-17(19-2)20-14-16-6-10-22(11-7-16)12-13-23-3/h16H,4-15H2,1-3H3,(H2,19,20,21). The summed E-state index contributed by atoms with van der Waals surface area (Å²) in [5, 5.41) is 7.09. The van der Waals surface area contributed by atoms with Gasteiger partial charge in [-0.15, -0.1) is 0 Å². The Kier molecular flexibility index (Phi) is 7.63. The highest BCUT2D eigenvalue weighted by Gasteiger charge is 2.34. The second-order valence-electron chi connectivity index (χ2n) is 7.29. The molecule has 0 aromatic heterocycles. The van der Waals surface area contributed by atoms with Gasteiger partial charge in [-0.1, -0.05) is 13.3 Å². The molecule has 134 valence electrons. The number of rotatable bonds is 8. The molecular formula is C18H36N4O. The van der Waals surface area contributed by atoms with Crippen LogP contribution < -0.4 is 10.6 Å². The number of nitrogens with one attached hydrogen (secondary N) is 2. The van der Waals surface area contributed by atoms with Crippen molar-refractivity contribution in [3.05, 3.63) is 0 Å². The van der Waals surface area contributed by atoms with Gasteiger partial charge in [0.1, 0.15) is 0 Å². The molecule has 2 rings (SSSR count). The summed E-state index contributed by atoms with van der Waals surface area (Å²) in [5.74, 6) is 1.74. The third-order valence-electron chi connectivity index (χ3n) is 5.90. The topological polar surface area (TPSA) is 48.9 Å². The molecule has 5 nitrogen and oxygen atoms in total. The summed E-state index contributed by atoms with van der Waals surface area (Å²) in [6.45, 7) is 8.73. The molecule has 0 aromatic carbocycles. The summed E-state index contributed by atoms with van der Waals surface area (Å²) in [6.07, 6.45) is 7.94. The van der Waals surface area contributed by atoms with E-state index in [2.05, 4.69) is 27.4 Å². The molecule has 0 unspecified atom stereocenters. The van der Waals surface area contributed by atoms with E-state index in [9.17, 15) is 0 Å². The van der Waals surface area contributed by atoms with Gasteiger partial charge in [-0.25, -0.2) is 0 Å². The van der Waals surface area contributed by atoms with Crippen LogP contribution in [0.5, 0.6) is 0 Å². The molecule has 1 saturated heterocycles. The van der Waals surface area contributed by atoms with E-state index in [0.29, 0.717) is 5.41 Å². The molecule has 0 amide bonds. The number of piperidine rings is 1. The zero-order chi connectivity index (χ0) is 16.5. The van der Waals surface area contributed by atoms with E-state index in [-0.39, 0.29) is 0 Å². The molecule has 0 bridgehead atoms. The van der Waals surface area contributed by atoms with Gasteiger partial charge in [-0.05, 0) is 56.5 Å². The van der Waals surface area contributed by atoms with Gasteiger partial charge in [0.15, 0.2) is 5.96 Å². The fourth-order valence-electron chi connectivity index (χ4n) is 3.70. The number of likely N-dealkylation sites (tertiary alicyclic amines) is 1. The van der Waals surface area contributed by atoms with Crippen LogP contribution in [0.4, 0.5) is 0 Å². The van der Waals surface area contributed by atoms with Crippen LogP contribution >= 0.6 is 0 Å². The van der Waals surface area contributed by atoms with E-state index in [1.165, 1.54) is 51.6 Å². The van der Waals surface area contributed by atoms with Crippen LogP contribution in [0.25, 0.3) is 0 Å². The molecule has 1 saturated carbocycles. The van der Waals surface area contributed by atoms with Gasteiger partial charge in [-0.2, -0.15) is 0 Å². The maximum absolute atomic E-state index is 5.16. The Morgan fingerprint density at radius 3 is 2.52 bits per heavy atom. The number of nitrogens with zero attached hydrogens (tertiary/aromatic N) is 2. The van der Waals surface area contributed by atoms with E-state index in [1.807, 2.05) is 7.05 Å². The lowest BCUT2D eigenvalue weighted by Gasteiger charge is -2.41. The number of hydrogen-bond acceptors (Lipinski definition) is 3. The molecule has 23 heavy (non-hydrogen) atoms. The zero-order valence-electron chi connectivity index (χ0n) is 15.4. The van der Waals surface area contributed by atoms with Crippen molar-refractivity contribution >= 4 is 5.96 Å². The lowest BCUT2D eigenvalue weighted by molar-refractivity contribution is 0.120. The van der Waals surface area contributed by atoms with Crippen molar-refractivity contribution in [2.24, 2.45) is 16.3 Å². The summed E-state index contributed by atoms with van der Waals surface area (Å²) in [5.41, 5.74) is 0.532. The Hall–Kier alpha value is -0.810. The van der Waals surface area contributed by atoms with E-state index < -0.39 is 0 Å². The largest absolute Gasteiger partial charge is 0.383 e. The fourth-order valence-corrected chi connectivity index (χ4v) is 3.70. The number of guanidine groups is 1. The van der Waals surface area contributed by atoms with E-state index in [0.717, 1.165) is 38.1 Å². The average molecular weight is 325 g/mol. The van der Waals surface area contributed by atoms with Gasteiger partial charge in [0, 0.05) is 33.8 Å². The summed E-state index contributed by atoms with van der Waals surface area (Å²) < 4.78 is 5.16. The van der Waals surface area contributed by atoms with Crippen LogP contribution in [-0.4, -0.2) is 64.3 Å². The van der Waals surface area contributed by atoms with Crippen LogP contribution in [-0.2, 0) is 4.74 Å². The SMILES string of the molecule is CCC1(CNC(=NC)NCC2CCN(CCOC)CC2)CCC1. The van der Waals surface area contributed by atoms with E-state index >= 15 is 0 Å². The van der Waals surface area contributed by atoms with E-state index in [1.54, 1.807) is 7.11 Å². The minimum Gasteiger partial charge on any atom is -0.383 e. The molecule has 2 aliphatic rings. The van der Waals surface area contributed by atoms with Crippen LogP contribution in [0.3, 0.4) is 0 Å². The van der Waals surface area contributed by atoms with Gasteiger partial charge in [-0.3, -0.25) is 4.99 Å². The predicted octanol–water partition coefficient (Wildman–Crippen LogP) is 2.09. The molecule has 0 aromatic rings. The van der Waals surface area contributed by atoms with Crippen LogP contribution in [0, 0.1) is 11.3 Å². The highest BCUT2D eigenvalue weighted by molar-refractivity contribution is 5.79. The summed E-state index contributed by atoms with van der Waals surface area (Å²) >= 11 is 0. The normalized spacial score (nSPS) is 22.7. The summed E-state index contributed by atoms with van der Waals surface area (Å²) in [6, 6.07) is 0. The van der Waals surface area contributed by atoms with Gasteiger partial charge in [0.05, 0.1) is 6.61 Å². The molecular weight excluding hydrogens is 288 g/mol. The first-order chi connectivity index (χ1) is 11.2. The Morgan fingerprint density at radius 2 is 2.00 bits per heavy atom. The monoisotopic (exact) mass is 324 g/mol. The van der Waals surface area contributed by atoms with Crippen LogP contribution in [0.1, 0.15) is 45.4 Å². The molecule has 2 fully saturated rings. The number of aliphatic imine (C=N–C) groups is 1. The molecule has 0 spiro atoms. The highest BCUT2D eigenvalue weighted by Crippen LogP contribution is 2.42. The van der Waals surface area contributed by atoms with Crippen LogP contribution in [0.15, 0.2) is 4.99 Å². The zero-order valence-corrected chi connectivity index (χ0v) is 15.4. The van der Waals surface area contributed by atoms with E-state index in [4.69, 9.17) is 4.74 Å². The number of methoxy groups -OCH3 is 1. The second-order valence-corrected chi connectivity index (χ2v) is 7.29. The van der Waals surface area contributed by atoms with Crippen molar-refractivity contribution in [1.82, 2.24) is 15.5 Å². The van der Waals surface area contributed by atoms with Gasteiger partial charge in [0.25, 0.3) is 0 Å². The first-order valence-corrected chi connectivity index (χ1v) is 9.37. The quantitative estimate of drug-likeness (QED) is 0.530.